The molecule has 0 aromatic heterocycles. The van der Waals surface area contributed by atoms with Gasteiger partial charge >= 0.3 is 0 Å². The van der Waals surface area contributed by atoms with Crippen LogP contribution >= 0.6 is 0 Å². The molecule has 1 aliphatic carbocycles. The lowest BCUT2D eigenvalue weighted by molar-refractivity contribution is 0.0661. The summed E-state index contributed by atoms with van der Waals surface area (Å²) in [6, 6.07) is 0. The largest absolute Gasteiger partial charge is 0.379 e. The predicted octanol–water partition coefficient (Wildman–Crippen LogP) is 3.63. The van der Waals surface area contributed by atoms with Crippen LogP contribution in [0.5, 0.6) is 0 Å². The molecule has 1 aliphatic heterocycles. The summed E-state index contributed by atoms with van der Waals surface area (Å²) < 4.78 is 34.1. The van der Waals surface area contributed by atoms with Crippen LogP contribution in [0.3, 0.4) is 0 Å². The molecule has 0 aromatic rings. The minimum atomic E-state index is -3.27. The third-order valence-corrected chi connectivity index (χ3v) is 8.80. The van der Waals surface area contributed by atoms with Gasteiger partial charge < -0.3 is 4.74 Å². The molecule has 2 aliphatic rings. The molecule has 1 saturated carbocycles. The Morgan fingerprint density at radius 2 is 1.29 bits per heavy atom. The highest BCUT2D eigenvalue weighted by Gasteiger charge is 2.49. The Balaban J connectivity index is 2.37. The molecule has 4 nitrogen and oxygen atoms in total. The van der Waals surface area contributed by atoms with Crippen LogP contribution in [0.25, 0.3) is 0 Å². The Hall–Kier alpha value is -0.130. The highest BCUT2D eigenvalue weighted by Crippen LogP contribution is 2.46. The van der Waals surface area contributed by atoms with Gasteiger partial charge in [-0.25, -0.2) is 8.42 Å². The number of nitrogens with zero attached hydrogens (tertiary/aromatic N) is 1. The van der Waals surface area contributed by atoms with Crippen LogP contribution in [0.15, 0.2) is 0 Å². The van der Waals surface area contributed by atoms with Gasteiger partial charge in [-0.3, -0.25) is 0 Å². The van der Waals surface area contributed by atoms with E-state index in [4.69, 9.17) is 4.74 Å². The fourth-order valence-corrected chi connectivity index (χ4v) is 7.38. The summed E-state index contributed by atoms with van der Waals surface area (Å²) in [5.74, 6) is 2.57. The van der Waals surface area contributed by atoms with Crippen molar-refractivity contribution in [3.8, 4) is 0 Å². The smallest absolute Gasteiger partial charge is 0.217 e. The van der Waals surface area contributed by atoms with E-state index >= 15 is 0 Å². The van der Waals surface area contributed by atoms with Gasteiger partial charge in [-0.15, -0.1) is 0 Å². The Labute approximate surface area is 149 Å². The molecule has 0 spiro atoms. The van der Waals surface area contributed by atoms with Gasteiger partial charge in [0.15, 0.2) is 0 Å². The third kappa shape index (κ3) is 4.16. The number of morpholine rings is 1. The average Bonchev–Trinajstić information content (AvgIpc) is 2.54. The van der Waals surface area contributed by atoms with E-state index in [0.29, 0.717) is 50.0 Å². The van der Waals surface area contributed by atoms with E-state index < -0.39 is 10.0 Å². The maximum atomic E-state index is 13.5. The van der Waals surface area contributed by atoms with Gasteiger partial charge in [0, 0.05) is 13.1 Å². The summed E-state index contributed by atoms with van der Waals surface area (Å²) in [5, 5.41) is -0.231. The van der Waals surface area contributed by atoms with E-state index in [0.717, 1.165) is 12.8 Å². The van der Waals surface area contributed by atoms with Crippen molar-refractivity contribution in [1.29, 1.82) is 0 Å². The lowest BCUT2D eigenvalue weighted by Gasteiger charge is -2.47. The normalized spacial score (nSPS) is 33.5. The lowest BCUT2D eigenvalue weighted by Crippen LogP contribution is -2.54. The van der Waals surface area contributed by atoms with Gasteiger partial charge in [0.05, 0.1) is 18.5 Å². The molecule has 1 saturated heterocycles. The molecule has 142 valence electrons. The molecule has 5 heteroatoms. The van der Waals surface area contributed by atoms with Gasteiger partial charge in [-0.2, -0.15) is 4.31 Å². The van der Waals surface area contributed by atoms with Gasteiger partial charge in [0.25, 0.3) is 0 Å². The van der Waals surface area contributed by atoms with Crippen LogP contribution < -0.4 is 0 Å². The SMILES string of the molecule is CC(C)C1CC(C(C)C)C(S(=O)(=O)N2CCOCC2)C(C(C)C)C1. The molecule has 24 heavy (non-hydrogen) atoms. The molecule has 2 fully saturated rings. The first-order chi connectivity index (χ1) is 11.2. The highest BCUT2D eigenvalue weighted by molar-refractivity contribution is 7.89. The topological polar surface area (TPSA) is 46.6 Å². The fourth-order valence-electron chi connectivity index (χ4n) is 4.64. The monoisotopic (exact) mass is 359 g/mol. The van der Waals surface area contributed by atoms with Crippen LogP contribution in [0.1, 0.15) is 54.4 Å². The number of rotatable bonds is 5. The summed E-state index contributed by atoms with van der Waals surface area (Å²) in [5.41, 5.74) is 0. The number of ether oxygens (including phenoxy) is 1. The van der Waals surface area contributed by atoms with Crippen LogP contribution in [-0.4, -0.2) is 44.3 Å². The van der Waals surface area contributed by atoms with E-state index in [1.54, 1.807) is 4.31 Å². The minimum Gasteiger partial charge on any atom is -0.379 e. The molecular weight excluding hydrogens is 322 g/mol. The van der Waals surface area contributed by atoms with E-state index in [9.17, 15) is 8.42 Å². The van der Waals surface area contributed by atoms with Gasteiger partial charge in [-0.1, -0.05) is 41.5 Å². The van der Waals surface area contributed by atoms with Crippen molar-refractivity contribution < 1.29 is 13.2 Å². The van der Waals surface area contributed by atoms with Crippen LogP contribution in [-0.2, 0) is 14.8 Å². The van der Waals surface area contributed by atoms with Crippen LogP contribution in [0.2, 0.25) is 0 Å². The van der Waals surface area contributed by atoms with Crippen molar-refractivity contribution in [2.24, 2.45) is 35.5 Å². The average molecular weight is 360 g/mol. The van der Waals surface area contributed by atoms with Crippen molar-refractivity contribution in [1.82, 2.24) is 4.31 Å². The summed E-state index contributed by atoms with van der Waals surface area (Å²) in [6.07, 6.45) is 2.10. The maximum absolute atomic E-state index is 13.5. The Morgan fingerprint density at radius 1 is 0.833 bits per heavy atom. The lowest BCUT2D eigenvalue weighted by atomic mass is 9.65. The highest BCUT2D eigenvalue weighted by atomic mass is 32.2. The first-order valence-electron chi connectivity index (χ1n) is 9.73. The quantitative estimate of drug-likeness (QED) is 0.753. The molecule has 2 atom stereocenters. The molecule has 1 heterocycles. The third-order valence-electron chi connectivity index (χ3n) is 6.32. The molecule has 0 bridgehead atoms. The second-order valence-corrected chi connectivity index (χ2v) is 10.9. The summed E-state index contributed by atoms with van der Waals surface area (Å²) >= 11 is 0. The van der Waals surface area contributed by atoms with Gasteiger partial charge in [0.2, 0.25) is 10.0 Å². The molecule has 2 unspecified atom stereocenters. The fraction of sp³-hybridized carbons (Fsp3) is 1.00. The number of hydrogen-bond donors (Lipinski definition) is 0. The van der Waals surface area contributed by atoms with Gasteiger partial charge in [-0.05, 0) is 48.3 Å². The molecule has 0 aromatic carbocycles. The molecular formula is C19H37NO3S. The summed E-state index contributed by atoms with van der Waals surface area (Å²) in [4.78, 5) is 0. The second-order valence-electron chi connectivity index (χ2n) is 8.81. The zero-order valence-electron chi connectivity index (χ0n) is 16.4. The summed E-state index contributed by atoms with van der Waals surface area (Å²) in [6.45, 7) is 15.5. The van der Waals surface area contributed by atoms with E-state index in [1.165, 1.54) is 0 Å². The standard InChI is InChI=1S/C19H37NO3S/c1-13(2)16-11-17(14(3)4)19(18(12-16)15(5)6)24(21,22)20-7-9-23-10-8-20/h13-19H,7-12H2,1-6H3. The molecule has 2 rings (SSSR count). The van der Waals surface area contributed by atoms with Crippen molar-refractivity contribution >= 4 is 10.0 Å². The van der Waals surface area contributed by atoms with Gasteiger partial charge in [0.1, 0.15) is 0 Å². The van der Waals surface area contributed by atoms with Crippen molar-refractivity contribution in [3.05, 3.63) is 0 Å². The first-order valence-corrected chi connectivity index (χ1v) is 11.2. The van der Waals surface area contributed by atoms with E-state index in [1.807, 2.05) is 0 Å². The van der Waals surface area contributed by atoms with E-state index in [-0.39, 0.29) is 17.1 Å². The Kier molecular flexibility index (Phi) is 6.77. The minimum absolute atomic E-state index is 0.231. The van der Waals surface area contributed by atoms with E-state index in [2.05, 4.69) is 41.5 Å². The van der Waals surface area contributed by atoms with Crippen molar-refractivity contribution in [2.75, 3.05) is 26.3 Å². The molecule has 0 N–H and O–H groups in total. The number of hydrogen-bond acceptors (Lipinski definition) is 3. The Bertz CT molecular complexity index is 477. The zero-order chi connectivity index (χ0) is 18.1. The van der Waals surface area contributed by atoms with Crippen LogP contribution in [0.4, 0.5) is 0 Å². The first kappa shape index (κ1) is 20.2. The number of sulfonamides is 1. The second kappa shape index (κ2) is 8.05. The molecule has 0 radical (unpaired) electrons. The maximum Gasteiger partial charge on any atom is 0.217 e. The van der Waals surface area contributed by atoms with Crippen LogP contribution in [0, 0.1) is 35.5 Å². The zero-order valence-corrected chi connectivity index (χ0v) is 17.2. The molecule has 0 amide bonds. The van der Waals surface area contributed by atoms with Crippen molar-refractivity contribution in [3.63, 3.8) is 0 Å². The van der Waals surface area contributed by atoms with Crippen molar-refractivity contribution in [2.45, 2.75) is 59.6 Å². The Morgan fingerprint density at radius 3 is 1.67 bits per heavy atom. The predicted molar refractivity (Wildman–Crippen MR) is 99.3 cm³/mol. The summed E-state index contributed by atoms with van der Waals surface area (Å²) in [7, 11) is -3.27.